The molecular formula is C26H24N6O4. The first-order valence-electron chi connectivity index (χ1n) is 11.3. The number of carbonyl (C=O) groups is 2. The molecule has 0 atom stereocenters. The van der Waals surface area contributed by atoms with Crippen LogP contribution in [0, 0.1) is 6.92 Å². The number of fused-ring (bicyclic) bond motifs is 7. The summed E-state index contributed by atoms with van der Waals surface area (Å²) in [6.07, 6.45) is 6.80. The summed E-state index contributed by atoms with van der Waals surface area (Å²) in [6, 6.07) is 10.9. The summed E-state index contributed by atoms with van der Waals surface area (Å²) in [6.45, 7) is 2.13. The Bertz CT molecular complexity index is 1430. The van der Waals surface area contributed by atoms with Crippen molar-refractivity contribution in [3.05, 3.63) is 83.7 Å². The Kier molecular flexibility index (Phi) is 6.31. The lowest BCUT2D eigenvalue weighted by Crippen LogP contribution is -2.29. The molecule has 182 valence electrons. The van der Waals surface area contributed by atoms with E-state index in [-0.39, 0.29) is 31.5 Å². The molecular weight excluding hydrogens is 460 g/mol. The maximum absolute atomic E-state index is 13.1. The first kappa shape index (κ1) is 23.0. The van der Waals surface area contributed by atoms with E-state index in [0.717, 1.165) is 22.5 Å². The molecule has 10 nitrogen and oxygen atoms in total. The molecule has 4 bridgehead atoms. The molecule has 2 aromatic heterocycles. The smallest absolute Gasteiger partial charge is 0.258 e. The summed E-state index contributed by atoms with van der Waals surface area (Å²) in [5.41, 5.74) is 4.15. The average Bonchev–Trinajstić information content (AvgIpc) is 3.39. The van der Waals surface area contributed by atoms with E-state index in [1.54, 1.807) is 50.0 Å². The van der Waals surface area contributed by atoms with E-state index in [4.69, 9.17) is 9.47 Å². The van der Waals surface area contributed by atoms with Crippen molar-refractivity contribution in [3.63, 3.8) is 0 Å². The minimum absolute atomic E-state index is 0.182. The zero-order chi connectivity index (χ0) is 25.1. The molecule has 0 aliphatic carbocycles. The Labute approximate surface area is 207 Å². The molecule has 0 saturated heterocycles. The van der Waals surface area contributed by atoms with E-state index in [1.807, 2.05) is 29.8 Å². The van der Waals surface area contributed by atoms with Crippen LogP contribution in [0.3, 0.4) is 0 Å². The lowest BCUT2D eigenvalue weighted by Gasteiger charge is -2.14. The minimum Gasteiger partial charge on any atom is -0.493 e. The first-order chi connectivity index (χ1) is 17.5. The molecule has 0 radical (unpaired) electrons. The molecule has 3 heterocycles. The van der Waals surface area contributed by atoms with Gasteiger partial charge in [-0.15, -0.1) is 0 Å². The number of nitrogens with one attached hydrogen (secondary N) is 2. The third-order valence-corrected chi connectivity index (χ3v) is 5.69. The van der Waals surface area contributed by atoms with E-state index in [9.17, 15) is 9.59 Å². The second-order valence-electron chi connectivity index (χ2n) is 8.27. The van der Waals surface area contributed by atoms with Gasteiger partial charge in [0.2, 0.25) is 0 Å². The molecule has 0 saturated carbocycles. The predicted molar refractivity (Wildman–Crippen MR) is 131 cm³/mol. The number of aryl methyl sites for hydroxylation is 1. The van der Waals surface area contributed by atoms with Crippen LogP contribution in [0.4, 0.5) is 0 Å². The topological polar surface area (TPSA) is 120 Å². The van der Waals surface area contributed by atoms with Crippen LogP contribution >= 0.6 is 0 Å². The Hall–Kier alpha value is -4.73. The maximum Gasteiger partial charge on any atom is 0.258 e. The second-order valence-corrected chi connectivity index (χ2v) is 8.27. The van der Waals surface area contributed by atoms with Crippen molar-refractivity contribution in [1.29, 1.82) is 0 Å². The van der Waals surface area contributed by atoms with Crippen LogP contribution in [0.2, 0.25) is 0 Å². The highest BCUT2D eigenvalue weighted by molar-refractivity contribution is 5.95. The van der Waals surface area contributed by atoms with Gasteiger partial charge >= 0.3 is 0 Å². The van der Waals surface area contributed by atoms with Crippen molar-refractivity contribution in [2.24, 2.45) is 0 Å². The van der Waals surface area contributed by atoms with Crippen molar-refractivity contribution in [2.75, 3.05) is 13.7 Å². The quantitative estimate of drug-likeness (QED) is 0.457. The molecule has 0 unspecified atom stereocenters. The van der Waals surface area contributed by atoms with Gasteiger partial charge in [-0.1, -0.05) is 0 Å². The van der Waals surface area contributed by atoms with Crippen molar-refractivity contribution in [1.82, 2.24) is 30.2 Å². The van der Waals surface area contributed by atoms with Crippen molar-refractivity contribution < 1.29 is 19.1 Å². The number of aromatic nitrogens is 4. The normalized spacial score (nSPS) is 12.7. The molecule has 1 aliphatic rings. The molecule has 4 aromatic rings. The maximum atomic E-state index is 13.1. The number of ether oxygens (including phenoxy) is 2. The van der Waals surface area contributed by atoms with Gasteiger partial charge in [0.05, 0.1) is 31.2 Å². The molecule has 10 heteroatoms. The Morgan fingerprint density at radius 2 is 2.06 bits per heavy atom. The number of rotatable bonds is 4. The van der Waals surface area contributed by atoms with Crippen LogP contribution in [0.5, 0.6) is 11.5 Å². The van der Waals surface area contributed by atoms with Crippen LogP contribution in [0.1, 0.15) is 27.3 Å². The number of nitrogens with zero attached hydrogens (tertiary/aromatic N) is 4. The van der Waals surface area contributed by atoms with Crippen LogP contribution in [-0.2, 0) is 17.9 Å². The SMILES string of the molecule is COc1ccc2cc1OCC(=O)NCc1cc(C(=O)NCc3cnc(C)cn3)cc(c1)-n1ccnc1-2. The third-order valence-electron chi connectivity index (χ3n) is 5.69. The average molecular weight is 485 g/mol. The summed E-state index contributed by atoms with van der Waals surface area (Å²) in [4.78, 5) is 38.6. The predicted octanol–water partition coefficient (Wildman–Crippen LogP) is 2.58. The zero-order valence-electron chi connectivity index (χ0n) is 19.8. The van der Waals surface area contributed by atoms with Gasteiger partial charge in [0.1, 0.15) is 5.82 Å². The summed E-state index contributed by atoms with van der Waals surface area (Å²) in [5, 5.41) is 5.73. The van der Waals surface area contributed by atoms with Crippen LogP contribution in [0.25, 0.3) is 17.1 Å². The van der Waals surface area contributed by atoms with Crippen molar-refractivity contribution >= 4 is 11.8 Å². The molecule has 5 rings (SSSR count). The first-order valence-corrected chi connectivity index (χ1v) is 11.3. The van der Waals surface area contributed by atoms with Crippen molar-refractivity contribution in [3.8, 4) is 28.6 Å². The van der Waals surface area contributed by atoms with Gasteiger partial charge in [0, 0.05) is 41.9 Å². The van der Waals surface area contributed by atoms with E-state index < -0.39 is 0 Å². The largest absolute Gasteiger partial charge is 0.493 e. The molecule has 36 heavy (non-hydrogen) atoms. The standard InChI is InChI=1S/C26H24N6O4/c1-16-11-29-20(13-28-16)14-31-26(34)19-7-17-8-21(9-19)32-6-5-27-25(32)18-3-4-22(35-2)23(10-18)36-15-24(33)30-12-17/h3-11,13H,12,14-15H2,1-2H3,(H,30,33)(H,31,34). The van der Waals surface area contributed by atoms with Crippen LogP contribution in [-0.4, -0.2) is 45.1 Å². The molecule has 0 fully saturated rings. The van der Waals surface area contributed by atoms with E-state index >= 15 is 0 Å². The number of benzene rings is 2. The van der Waals surface area contributed by atoms with Crippen molar-refractivity contribution in [2.45, 2.75) is 20.0 Å². The Balaban J connectivity index is 1.52. The summed E-state index contributed by atoms with van der Waals surface area (Å²) >= 11 is 0. The summed E-state index contributed by atoms with van der Waals surface area (Å²) < 4.78 is 13.0. The lowest BCUT2D eigenvalue weighted by molar-refractivity contribution is -0.123. The minimum atomic E-state index is -0.297. The summed E-state index contributed by atoms with van der Waals surface area (Å²) in [7, 11) is 1.54. The molecule has 2 N–H and O–H groups in total. The fourth-order valence-electron chi connectivity index (χ4n) is 3.88. The number of hydrogen-bond donors (Lipinski definition) is 2. The molecule has 2 aromatic carbocycles. The third kappa shape index (κ3) is 4.88. The molecule has 0 spiro atoms. The van der Waals surface area contributed by atoms with E-state index in [0.29, 0.717) is 28.6 Å². The van der Waals surface area contributed by atoms with Gasteiger partial charge in [0.15, 0.2) is 18.1 Å². The van der Waals surface area contributed by atoms with E-state index in [1.165, 1.54) is 0 Å². The van der Waals surface area contributed by atoms with Crippen LogP contribution < -0.4 is 20.1 Å². The van der Waals surface area contributed by atoms with Gasteiger partial charge in [0.25, 0.3) is 11.8 Å². The highest BCUT2D eigenvalue weighted by Gasteiger charge is 2.17. The Morgan fingerprint density at radius 3 is 2.86 bits per heavy atom. The lowest BCUT2D eigenvalue weighted by atomic mass is 10.1. The molecule has 2 amide bonds. The fraction of sp³-hybridized carbons (Fsp3) is 0.192. The van der Waals surface area contributed by atoms with E-state index in [2.05, 4.69) is 25.6 Å². The Morgan fingerprint density at radius 1 is 1.17 bits per heavy atom. The van der Waals surface area contributed by atoms with Gasteiger partial charge in [-0.25, -0.2) is 4.98 Å². The van der Waals surface area contributed by atoms with Gasteiger partial charge < -0.3 is 20.1 Å². The monoisotopic (exact) mass is 484 g/mol. The number of hydrogen-bond acceptors (Lipinski definition) is 7. The highest BCUT2D eigenvalue weighted by Crippen LogP contribution is 2.33. The second kappa shape index (κ2) is 9.87. The number of amides is 2. The number of methoxy groups -OCH3 is 1. The van der Waals surface area contributed by atoms with Crippen LogP contribution in [0.15, 0.2) is 61.2 Å². The number of imidazole rings is 1. The van der Waals surface area contributed by atoms with Gasteiger partial charge in [-0.05, 0) is 48.9 Å². The van der Waals surface area contributed by atoms with Gasteiger partial charge in [-0.3, -0.25) is 24.1 Å². The fourth-order valence-corrected chi connectivity index (χ4v) is 3.88. The zero-order valence-corrected chi connectivity index (χ0v) is 19.8. The number of carbonyl (C=O) groups excluding carboxylic acids is 2. The van der Waals surface area contributed by atoms with Gasteiger partial charge in [-0.2, -0.15) is 0 Å². The summed E-state index contributed by atoms with van der Waals surface area (Å²) in [5.74, 6) is 1.03. The highest BCUT2D eigenvalue weighted by atomic mass is 16.5. The molecule has 1 aliphatic heterocycles.